The number of hydrogen-bond acceptors (Lipinski definition) is 4. The number of anilines is 1. The molecule has 2 N–H and O–H groups in total. The van der Waals surface area contributed by atoms with Crippen molar-refractivity contribution in [3.63, 3.8) is 0 Å². The first-order valence-electron chi connectivity index (χ1n) is 5.71. The van der Waals surface area contributed by atoms with E-state index in [4.69, 9.17) is 10.5 Å². The van der Waals surface area contributed by atoms with Gasteiger partial charge in [0, 0.05) is 43.8 Å². The molecule has 2 unspecified atom stereocenters. The lowest BCUT2D eigenvalue weighted by molar-refractivity contribution is 0.118. The van der Waals surface area contributed by atoms with Gasteiger partial charge in [-0.25, -0.2) is 0 Å². The number of nitrogens with zero attached hydrogens (tertiary/aromatic N) is 2. The van der Waals surface area contributed by atoms with Crippen molar-refractivity contribution in [2.45, 2.75) is 32.0 Å². The van der Waals surface area contributed by atoms with Crippen molar-refractivity contribution in [1.82, 2.24) is 4.98 Å². The second kappa shape index (κ2) is 4.80. The molecule has 16 heavy (non-hydrogen) atoms. The number of aromatic nitrogens is 1. The lowest BCUT2D eigenvalue weighted by Gasteiger charge is -2.30. The lowest BCUT2D eigenvalue weighted by atomic mass is 10.1. The molecular weight excluding hydrogens is 202 g/mol. The molecule has 1 aliphatic heterocycles. The molecule has 4 nitrogen and oxygen atoms in total. The molecule has 88 valence electrons. The maximum atomic E-state index is 5.72. The molecule has 2 heterocycles. The van der Waals surface area contributed by atoms with Crippen LogP contribution in [0.25, 0.3) is 0 Å². The van der Waals surface area contributed by atoms with Gasteiger partial charge in [0.15, 0.2) is 0 Å². The molecule has 1 fully saturated rings. The zero-order chi connectivity index (χ0) is 11.5. The number of hydrogen-bond donors (Lipinski definition) is 1. The molecule has 0 amide bonds. The minimum atomic E-state index is 0.281. The van der Waals surface area contributed by atoms with Gasteiger partial charge in [-0.15, -0.1) is 0 Å². The molecule has 1 aromatic heterocycles. The summed E-state index contributed by atoms with van der Waals surface area (Å²) in [5.41, 5.74) is 7.98. The fourth-order valence-corrected chi connectivity index (χ4v) is 2.33. The summed E-state index contributed by atoms with van der Waals surface area (Å²) >= 11 is 0. The predicted octanol–water partition coefficient (Wildman–Crippen LogP) is 1.15. The largest absolute Gasteiger partial charge is 0.376 e. The predicted molar refractivity (Wildman–Crippen MR) is 64.4 cm³/mol. The van der Waals surface area contributed by atoms with E-state index in [0.29, 0.717) is 12.6 Å². The van der Waals surface area contributed by atoms with Crippen LogP contribution in [0.15, 0.2) is 18.5 Å². The number of ether oxygens (including phenoxy) is 1. The van der Waals surface area contributed by atoms with Gasteiger partial charge >= 0.3 is 0 Å². The molecule has 0 radical (unpaired) electrons. The Bertz CT molecular complexity index is 356. The standard InChI is InChI=1S/C12H19N3O/c1-9-11(4-6-16-9)15(2)12-3-5-14-8-10(12)7-13/h3,5,8-9,11H,4,6-7,13H2,1-2H3. The van der Waals surface area contributed by atoms with Crippen LogP contribution in [-0.4, -0.2) is 30.8 Å². The molecular formula is C12H19N3O. The van der Waals surface area contributed by atoms with Gasteiger partial charge < -0.3 is 15.4 Å². The van der Waals surface area contributed by atoms with Gasteiger partial charge in [-0.1, -0.05) is 0 Å². The zero-order valence-corrected chi connectivity index (χ0v) is 9.89. The van der Waals surface area contributed by atoms with Crippen LogP contribution in [0.4, 0.5) is 5.69 Å². The molecule has 4 heteroatoms. The molecule has 0 saturated carbocycles. The molecule has 2 atom stereocenters. The quantitative estimate of drug-likeness (QED) is 0.832. The molecule has 1 aliphatic rings. The van der Waals surface area contributed by atoms with Crippen molar-refractivity contribution in [2.75, 3.05) is 18.6 Å². The Kier molecular flexibility index (Phi) is 3.41. The average molecular weight is 221 g/mol. The Morgan fingerprint density at radius 1 is 1.62 bits per heavy atom. The van der Waals surface area contributed by atoms with Crippen LogP contribution in [0.1, 0.15) is 18.9 Å². The Balaban J connectivity index is 2.22. The van der Waals surface area contributed by atoms with E-state index in [0.717, 1.165) is 18.6 Å². The Morgan fingerprint density at radius 3 is 3.06 bits per heavy atom. The molecule has 0 aromatic carbocycles. The highest BCUT2D eigenvalue weighted by molar-refractivity contribution is 5.52. The average Bonchev–Trinajstić information content (AvgIpc) is 2.74. The third-order valence-corrected chi connectivity index (χ3v) is 3.31. The van der Waals surface area contributed by atoms with Crippen molar-refractivity contribution in [1.29, 1.82) is 0 Å². The van der Waals surface area contributed by atoms with Gasteiger partial charge in [0.2, 0.25) is 0 Å². The van der Waals surface area contributed by atoms with E-state index in [1.54, 1.807) is 0 Å². The van der Waals surface area contributed by atoms with Crippen molar-refractivity contribution in [3.05, 3.63) is 24.0 Å². The van der Waals surface area contributed by atoms with E-state index in [1.807, 2.05) is 18.5 Å². The summed E-state index contributed by atoms with van der Waals surface area (Å²) in [6.45, 7) is 3.49. The van der Waals surface area contributed by atoms with Gasteiger partial charge in [-0.05, 0) is 19.4 Å². The summed E-state index contributed by atoms with van der Waals surface area (Å²) in [6, 6.07) is 2.46. The van der Waals surface area contributed by atoms with Crippen LogP contribution in [0, 0.1) is 0 Å². The summed E-state index contributed by atoms with van der Waals surface area (Å²) in [4.78, 5) is 6.37. The highest BCUT2D eigenvalue weighted by atomic mass is 16.5. The number of likely N-dealkylation sites (N-methyl/N-ethyl adjacent to an activating group) is 1. The fourth-order valence-electron chi connectivity index (χ4n) is 2.33. The van der Waals surface area contributed by atoms with Crippen LogP contribution in [-0.2, 0) is 11.3 Å². The van der Waals surface area contributed by atoms with Crippen molar-refractivity contribution < 1.29 is 4.74 Å². The maximum Gasteiger partial charge on any atom is 0.0750 e. The zero-order valence-electron chi connectivity index (χ0n) is 9.89. The molecule has 1 saturated heterocycles. The smallest absolute Gasteiger partial charge is 0.0750 e. The molecule has 0 bridgehead atoms. The first kappa shape index (κ1) is 11.4. The number of nitrogens with two attached hydrogens (primary N) is 1. The van der Waals surface area contributed by atoms with Crippen LogP contribution in [0.2, 0.25) is 0 Å². The molecule has 2 rings (SSSR count). The van der Waals surface area contributed by atoms with Gasteiger partial charge in [-0.2, -0.15) is 0 Å². The van der Waals surface area contributed by atoms with E-state index in [-0.39, 0.29) is 6.10 Å². The van der Waals surface area contributed by atoms with E-state index in [2.05, 4.69) is 23.9 Å². The Hall–Kier alpha value is -1.13. The van der Waals surface area contributed by atoms with Gasteiger partial charge in [0.25, 0.3) is 0 Å². The van der Waals surface area contributed by atoms with Crippen LogP contribution >= 0.6 is 0 Å². The summed E-state index contributed by atoms with van der Waals surface area (Å²) in [7, 11) is 2.10. The summed E-state index contributed by atoms with van der Waals surface area (Å²) in [5, 5.41) is 0. The van der Waals surface area contributed by atoms with Crippen molar-refractivity contribution >= 4 is 5.69 Å². The van der Waals surface area contributed by atoms with Crippen LogP contribution < -0.4 is 10.6 Å². The lowest BCUT2D eigenvalue weighted by Crippen LogP contribution is -2.37. The minimum Gasteiger partial charge on any atom is -0.376 e. The van der Waals surface area contributed by atoms with E-state index in [1.165, 1.54) is 5.69 Å². The normalized spacial score (nSPS) is 24.7. The second-order valence-corrected chi connectivity index (χ2v) is 4.25. The first-order chi connectivity index (χ1) is 7.74. The topological polar surface area (TPSA) is 51.4 Å². The summed E-state index contributed by atoms with van der Waals surface area (Å²) in [5.74, 6) is 0. The van der Waals surface area contributed by atoms with Crippen LogP contribution in [0.5, 0.6) is 0 Å². The van der Waals surface area contributed by atoms with E-state index in [9.17, 15) is 0 Å². The highest BCUT2D eigenvalue weighted by Gasteiger charge is 2.28. The summed E-state index contributed by atoms with van der Waals surface area (Å²) in [6.07, 6.45) is 5.01. The van der Waals surface area contributed by atoms with E-state index >= 15 is 0 Å². The Labute approximate surface area is 96.4 Å². The monoisotopic (exact) mass is 221 g/mol. The molecule has 0 aliphatic carbocycles. The van der Waals surface area contributed by atoms with E-state index < -0.39 is 0 Å². The number of rotatable bonds is 3. The van der Waals surface area contributed by atoms with Crippen LogP contribution in [0.3, 0.4) is 0 Å². The summed E-state index contributed by atoms with van der Waals surface area (Å²) < 4.78 is 5.59. The number of pyridine rings is 1. The van der Waals surface area contributed by atoms with Crippen molar-refractivity contribution in [2.24, 2.45) is 5.73 Å². The van der Waals surface area contributed by atoms with Crippen molar-refractivity contribution in [3.8, 4) is 0 Å². The molecule has 0 spiro atoms. The molecule has 1 aromatic rings. The first-order valence-corrected chi connectivity index (χ1v) is 5.71. The second-order valence-electron chi connectivity index (χ2n) is 4.25. The van der Waals surface area contributed by atoms with Gasteiger partial charge in [0.1, 0.15) is 0 Å². The van der Waals surface area contributed by atoms with Gasteiger partial charge in [0.05, 0.1) is 12.1 Å². The third kappa shape index (κ3) is 2.03. The third-order valence-electron chi connectivity index (χ3n) is 3.31. The SMILES string of the molecule is CC1OCCC1N(C)c1ccncc1CN. The Morgan fingerprint density at radius 2 is 2.44 bits per heavy atom. The maximum absolute atomic E-state index is 5.72. The minimum absolute atomic E-state index is 0.281. The van der Waals surface area contributed by atoms with Gasteiger partial charge in [-0.3, -0.25) is 4.98 Å². The highest BCUT2D eigenvalue weighted by Crippen LogP contribution is 2.26. The fraction of sp³-hybridized carbons (Fsp3) is 0.583.